The van der Waals surface area contributed by atoms with E-state index in [1.54, 1.807) is 0 Å². The van der Waals surface area contributed by atoms with E-state index in [2.05, 4.69) is 67.7 Å². The SMILES string of the molecule is CCCNCc1ccc(-c2cc3cccc(C)c3o2)cc1. The number of rotatable bonds is 5. The van der Waals surface area contributed by atoms with Gasteiger partial charge in [-0.1, -0.05) is 49.4 Å². The van der Waals surface area contributed by atoms with Crippen LogP contribution in [0.3, 0.4) is 0 Å². The Labute approximate surface area is 125 Å². The fourth-order valence-corrected chi connectivity index (χ4v) is 2.55. The Hall–Kier alpha value is -2.06. The van der Waals surface area contributed by atoms with E-state index in [4.69, 9.17) is 4.42 Å². The molecule has 0 saturated carbocycles. The van der Waals surface area contributed by atoms with Gasteiger partial charge in [0.05, 0.1) is 0 Å². The zero-order chi connectivity index (χ0) is 14.7. The largest absolute Gasteiger partial charge is 0.456 e. The number of benzene rings is 2. The van der Waals surface area contributed by atoms with Gasteiger partial charge in [0.2, 0.25) is 0 Å². The first-order valence-electron chi connectivity index (χ1n) is 7.57. The van der Waals surface area contributed by atoms with Crippen LogP contribution in [0, 0.1) is 6.92 Å². The molecule has 0 aliphatic carbocycles. The quantitative estimate of drug-likeness (QED) is 0.671. The van der Waals surface area contributed by atoms with E-state index in [0.29, 0.717) is 0 Å². The van der Waals surface area contributed by atoms with E-state index < -0.39 is 0 Å². The lowest BCUT2D eigenvalue weighted by Crippen LogP contribution is -2.13. The Morgan fingerprint density at radius 1 is 1.05 bits per heavy atom. The standard InChI is InChI=1S/C19H21NO/c1-3-11-20-13-15-7-9-16(10-8-15)18-12-17-6-4-5-14(2)19(17)21-18/h4-10,12,20H,3,11,13H2,1-2H3. The number of hydrogen-bond acceptors (Lipinski definition) is 2. The minimum absolute atomic E-state index is 0.924. The fourth-order valence-electron chi connectivity index (χ4n) is 2.55. The smallest absolute Gasteiger partial charge is 0.137 e. The van der Waals surface area contributed by atoms with Crippen LogP contribution >= 0.6 is 0 Å². The van der Waals surface area contributed by atoms with E-state index in [1.807, 2.05) is 0 Å². The van der Waals surface area contributed by atoms with Crippen molar-refractivity contribution in [2.24, 2.45) is 0 Å². The summed E-state index contributed by atoms with van der Waals surface area (Å²) in [7, 11) is 0. The van der Waals surface area contributed by atoms with E-state index >= 15 is 0 Å². The Balaban J connectivity index is 1.83. The third kappa shape index (κ3) is 3.01. The zero-order valence-corrected chi connectivity index (χ0v) is 12.6. The first-order valence-corrected chi connectivity index (χ1v) is 7.57. The van der Waals surface area contributed by atoms with Crippen LogP contribution in [0.2, 0.25) is 0 Å². The average molecular weight is 279 g/mol. The molecule has 0 amide bonds. The Kier molecular flexibility index (Phi) is 4.07. The van der Waals surface area contributed by atoms with E-state index in [1.165, 1.54) is 16.5 Å². The molecule has 0 bridgehead atoms. The number of nitrogens with one attached hydrogen (secondary N) is 1. The minimum atomic E-state index is 0.924. The summed E-state index contributed by atoms with van der Waals surface area (Å²) in [6, 6.07) is 17.0. The summed E-state index contributed by atoms with van der Waals surface area (Å²) in [6.07, 6.45) is 1.16. The molecule has 0 atom stereocenters. The topological polar surface area (TPSA) is 25.2 Å². The van der Waals surface area contributed by atoms with Crippen molar-refractivity contribution in [1.82, 2.24) is 5.32 Å². The van der Waals surface area contributed by atoms with E-state index in [0.717, 1.165) is 36.4 Å². The lowest BCUT2D eigenvalue weighted by atomic mass is 10.1. The van der Waals surface area contributed by atoms with Crippen LogP contribution in [0.1, 0.15) is 24.5 Å². The van der Waals surface area contributed by atoms with Gasteiger partial charge in [-0.3, -0.25) is 0 Å². The molecule has 2 aromatic carbocycles. The van der Waals surface area contributed by atoms with Crippen molar-refractivity contribution < 1.29 is 4.42 Å². The molecule has 0 spiro atoms. The maximum atomic E-state index is 6.01. The monoisotopic (exact) mass is 279 g/mol. The number of furan rings is 1. The predicted octanol–water partition coefficient (Wildman–Crippen LogP) is 4.91. The highest BCUT2D eigenvalue weighted by Gasteiger charge is 2.07. The molecule has 1 N–H and O–H groups in total. The fraction of sp³-hybridized carbons (Fsp3) is 0.263. The number of fused-ring (bicyclic) bond motifs is 1. The third-order valence-corrected chi connectivity index (χ3v) is 3.74. The number of hydrogen-bond donors (Lipinski definition) is 1. The second-order valence-electron chi connectivity index (χ2n) is 5.48. The van der Waals surface area contributed by atoms with Gasteiger partial charge < -0.3 is 9.73 Å². The van der Waals surface area contributed by atoms with Gasteiger partial charge in [0, 0.05) is 17.5 Å². The molecule has 3 aromatic rings. The van der Waals surface area contributed by atoms with Gasteiger partial charge in [0.1, 0.15) is 11.3 Å². The Morgan fingerprint density at radius 3 is 2.57 bits per heavy atom. The van der Waals surface area contributed by atoms with Gasteiger partial charge >= 0.3 is 0 Å². The van der Waals surface area contributed by atoms with Crippen molar-refractivity contribution in [3.05, 3.63) is 59.7 Å². The Bertz CT molecular complexity index is 725. The summed E-state index contributed by atoms with van der Waals surface area (Å²) in [6.45, 7) is 6.25. The van der Waals surface area contributed by atoms with Gasteiger partial charge in [-0.2, -0.15) is 0 Å². The molecule has 0 fully saturated rings. The van der Waals surface area contributed by atoms with Crippen LogP contribution in [-0.4, -0.2) is 6.54 Å². The summed E-state index contributed by atoms with van der Waals surface area (Å²) in [4.78, 5) is 0. The lowest BCUT2D eigenvalue weighted by Gasteiger charge is -2.04. The average Bonchev–Trinajstić information content (AvgIpc) is 2.94. The van der Waals surface area contributed by atoms with Crippen LogP contribution in [0.5, 0.6) is 0 Å². The molecule has 21 heavy (non-hydrogen) atoms. The molecule has 2 nitrogen and oxygen atoms in total. The van der Waals surface area contributed by atoms with Crippen LogP contribution in [0.4, 0.5) is 0 Å². The summed E-state index contributed by atoms with van der Waals surface area (Å²) < 4.78 is 6.01. The van der Waals surface area contributed by atoms with Crippen molar-refractivity contribution in [3.63, 3.8) is 0 Å². The normalized spacial score (nSPS) is 11.1. The van der Waals surface area contributed by atoms with Crippen LogP contribution in [-0.2, 0) is 6.54 Å². The second-order valence-corrected chi connectivity index (χ2v) is 5.48. The second kappa shape index (κ2) is 6.15. The molecular formula is C19H21NO. The van der Waals surface area contributed by atoms with E-state index in [-0.39, 0.29) is 0 Å². The molecule has 0 saturated heterocycles. The van der Waals surface area contributed by atoms with Crippen molar-refractivity contribution in [2.45, 2.75) is 26.8 Å². The maximum absolute atomic E-state index is 6.01. The molecule has 3 rings (SSSR count). The summed E-state index contributed by atoms with van der Waals surface area (Å²) >= 11 is 0. The van der Waals surface area contributed by atoms with Gasteiger partial charge in [-0.25, -0.2) is 0 Å². The number of aryl methyl sites for hydroxylation is 1. The van der Waals surface area contributed by atoms with Crippen molar-refractivity contribution in [1.29, 1.82) is 0 Å². The van der Waals surface area contributed by atoms with E-state index in [9.17, 15) is 0 Å². The molecule has 0 aliphatic heterocycles. The summed E-state index contributed by atoms with van der Waals surface area (Å²) in [5.74, 6) is 0.937. The van der Waals surface area contributed by atoms with Gasteiger partial charge in [0.25, 0.3) is 0 Å². The molecule has 0 unspecified atom stereocenters. The Morgan fingerprint density at radius 2 is 1.86 bits per heavy atom. The van der Waals surface area contributed by atoms with Gasteiger partial charge in [-0.15, -0.1) is 0 Å². The van der Waals surface area contributed by atoms with Gasteiger partial charge in [0.15, 0.2) is 0 Å². The highest BCUT2D eigenvalue weighted by molar-refractivity contribution is 5.85. The number of para-hydroxylation sites is 1. The van der Waals surface area contributed by atoms with Crippen LogP contribution in [0.25, 0.3) is 22.3 Å². The zero-order valence-electron chi connectivity index (χ0n) is 12.6. The first-order chi connectivity index (χ1) is 10.3. The molecule has 1 heterocycles. The predicted molar refractivity (Wildman–Crippen MR) is 88.4 cm³/mol. The molecule has 108 valence electrons. The summed E-state index contributed by atoms with van der Waals surface area (Å²) in [5.41, 5.74) is 4.60. The molecular weight excluding hydrogens is 258 g/mol. The molecule has 1 aromatic heterocycles. The van der Waals surface area contributed by atoms with Crippen molar-refractivity contribution in [2.75, 3.05) is 6.54 Å². The van der Waals surface area contributed by atoms with Crippen molar-refractivity contribution in [3.8, 4) is 11.3 Å². The minimum Gasteiger partial charge on any atom is -0.456 e. The maximum Gasteiger partial charge on any atom is 0.137 e. The molecule has 0 radical (unpaired) electrons. The first kappa shape index (κ1) is 13.9. The highest BCUT2D eigenvalue weighted by atomic mass is 16.3. The summed E-state index contributed by atoms with van der Waals surface area (Å²) in [5, 5.41) is 4.58. The highest BCUT2D eigenvalue weighted by Crippen LogP contribution is 2.29. The lowest BCUT2D eigenvalue weighted by molar-refractivity contribution is 0.628. The molecule has 2 heteroatoms. The van der Waals surface area contributed by atoms with Crippen LogP contribution in [0.15, 0.2) is 52.9 Å². The van der Waals surface area contributed by atoms with Crippen LogP contribution < -0.4 is 5.32 Å². The third-order valence-electron chi connectivity index (χ3n) is 3.74. The van der Waals surface area contributed by atoms with Crippen molar-refractivity contribution >= 4 is 11.0 Å². The molecule has 0 aliphatic rings. The van der Waals surface area contributed by atoms with Gasteiger partial charge in [-0.05, 0) is 37.1 Å².